The molecule has 1 unspecified atom stereocenters. The summed E-state index contributed by atoms with van der Waals surface area (Å²) in [6, 6.07) is 3.61. The Morgan fingerprint density at radius 1 is 1.25 bits per heavy atom. The second-order valence-corrected chi connectivity index (χ2v) is 6.94. The number of hydrogen-bond acceptors (Lipinski definition) is 4. The van der Waals surface area contributed by atoms with Crippen LogP contribution in [0.2, 0.25) is 0 Å². The number of halogens is 3. The van der Waals surface area contributed by atoms with E-state index in [9.17, 15) is 18.3 Å². The van der Waals surface area contributed by atoms with Crippen molar-refractivity contribution in [3.05, 3.63) is 35.5 Å². The van der Waals surface area contributed by atoms with E-state index in [1.165, 1.54) is 0 Å². The first-order valence-electron chi connectivity index (χ1n) is 9.49. The number of nitrogens with one attached hydrogen (secondary N) is 1. The van der Waals surface area contributed by atoms with Gasteiger partial charge in [-0.2, -0.15) is 18.3 Å². The molecule has 156 valence electrons. The molecule has 0 amide bonds. The van der Waals surface area contributed by atoms with Crippen molar-refractivity contribution < 1.29 is 23.0 Å². The molecule has 1 aromatic heterocycles. The van der Waals surface area contributed by atoms with Gasteiger partial charge in [0, 0.05) is 17.7 Å². The standard InChI is InChI=1S/C20H28F3N3O2/c1-4-6-7-26(3)12-15-11-24-25-19(15)14-8-16(20(21,22)23)10-18(9-14)28-17(5-2)13-27/h8-11,17,27H,4-7,12-13H2,1-3H3,(H,24,25). The minimum atomic E-state index is -4.51. The van der Waals surface area contributed by atoms with Crippen LogP contribution in [0, 0.1) is 0 Å². The number of ether oxygens (including phenoxy) is 1. The van der Waals surface area contributed by atoms with E-state index in [-0.39, 0.29) is 12.4 Å². The van der Waals surface area contributed by atoms with E-state index in [1.54, 1.807) is 19.2 Å². The summed E-state index contributed by atoms with van der Waals surface area (Å²) in [7, 11) is 1.97. The van der Waals surface area contributed by atoms with Gasteiger partial charge in [-0.1, -0.05) is 20.3 Å². The van der Waals surface area contributed by atoms with Crippen LogP contribution in [-0.2, 0) is 12.7 Å². The Labute approximate surface area is 163 Å². The van der Waals surface area contributed by atoms with Gasteiger partial charge >= 0.3 is 6.18 Å². The smallest absolute Gasteiger partial charge is 0.416 e. The Morgan fingerprint density at radius 2 is 2.00 bits per heavy atom. The summed E-state index contributed by atoms with van der Waals surface area (Å²) in [6.07, 6.45) is -0.822. The van der Waals surface area contributed by atoms with E-state index in [2.05, 4.69) is 22.0 Å². The highest BCUT2D eigenvalue weighted by Gasteiger charge is 2.32. The summed E-state index contributed by atoms with van der Waals surface area (Å²) < 4.78 is 45.8. The molecule has 0 aliphatic carbocycles. The number of alkyl halides is 3. The number of benzene rings is 1. The van der Waals surface area contributed by atoms with Crippen molar-refractivity contribution >= 4 is 0 Å². The number of aromatic amines is 1. The number of hydrogen-bond donors (Lipinski definition) is 2. The zero-order valence-corrected chi connectivity index (χ0v) is 16.5. The SMILES string of the molecule is CCCCN(C)Cc1cn[nH]c1-c1cc(OC(CC)CO)cc(C(F)(F)F)c1. The second-order valence-electron chi connectivity index (χ2n) is 6.94. The molecule has 2 aromatic rings. The molecule has 0 fully saturated rings. The van der Waals surface area contributed by atoms with Crippen molar-refractivity contribution in [2.24, 2.45) is 0 Å². The maximum Gasteiger partial charge on any atom is 0.416 e. The third kappa shape index (κ3) is 5.97. The molecular formula is C20H28F3N3O2. The largest absolute Gasteiger partial charge is 0.488 e. The Hall–Kier alpha value is -2.06. The minimum Gasteiger partial charge on any atom is -0.488 e. The van der Waals surface area contributed by atoms with Crippen LogP contribution in [0.25, 0.3) is 11.3 Å². The summed E-state index contributed by atoms with van der Waals surface area (Å²) in [6.45, 7) is 5.12. The highest BCUT2D eigenvalue weighted by Crippen LogP contribution is 2.36. The average Bonchev–Trinajstić information content (AvgIpc) is 3.11. The van der Waals surface area contributed by atoms with Crippen LogP contribution >= 0.6 is 0 Å². The summed E-state index contributed by atoms with van der Waals surface area (Å²) in [5, 5.41) is 16.2. The van der Waals surface area contributed by atoms with Gasteiger partial charge in [-0.15, -0.1) is 0 Å². The molecule has 0 saturated carbocycles. The van der Waals surface area contributed by atoms with Gasteiger partial charge < -0.3 is 14.7 Å². The van der Waals surface area contributed by atoms with Crippen LogP contribution in [0.5, 0.6) is 5.75 Å². The van der Waals surface area contributed by atoms with E-state index < -0.39 is 17.8 Å². The van der Waals surface area contributed by atoms with Crippen molar-refractivity contribution in [3.8, 4) is 17.0 Å². The van der Waals surface area contributed by atoms with Gasteiger partial charge in [-0.3, -0.25) is 5.10 Å². The van der Waals surface area contributed by atoms with E-state index in [0.29, 0.717) is 24.2 Å². The minimum absolute atomic E-state index is 0.0746. The van der Waals surface area contributed by atoms with Crippen molar-refractivity contribution in [1.29, 1.82) is 0 Å². The van der Waals surface area contributed by atoms with Gasteiger partial charge in [-0.05, 0) is 44.6 Å². The molecular weight excluding hydrogens is 371 g/mol. The Bertz CT molecular complexity index is 743. The number of aromatic nitrogens is 2. The van der Waals surface area contributed by atoms with Gasteiger partial charge in [0.1, 0.15) is 11.9 Å². The lowest BCUT2D eigenvalue weighted by Crippen LogP contribution is -2.20. The Morgan fingerprint density at radius 3 is 2.61 bits per heavy atom. The highest BCUT2D eigenvalue weighted by atomic mass is 19.4. The van der Waals surface area contributed by atoms with Crippen LogP contribution in [0.3, 0.4) is 0 Å². The average molecular weight is 399 g/mol. The number of aliphatic hydroxyl groups is 1. The van der Waals surface area contributed by atoms with Crippen LogP contribution in [-0.4, -0.2) is 46.5 Å². The van der Waals surface area contributed by atoms with Gasteiger partial charge in [-0.25, -0.2) is 0 Å². The van der Waals surface area contributed by atoms with E-state index >= 15 is 0 Å². The lowest BCUT2D eigenvalue weighted by Gasteiger charge is -2.19. The predicted molar refractivity (Wildman–Crippen MR) is 102 cm³/mol. The molecule has 0 spiro atoms. The molecule has 8 heteroatoms. The first-order chi connectivity index (χ1) is 13.3. The summed E-state index contributed by atoms with van der Waals surface area (Å²) >= 11 is 0. The molecule has 2 N–H and O–H groups in total. The monoisotopic (exact) mass is 399 g/mol. The number of aliphatic hydroxyl groups excluding tert-OH is 1. The Kier molecular flexibility index (Phi) is 7.88. The fourth-order valence-corrected chi connectivity index (χ4v) is 2.90. The van der Waals surface area contributed by atoms with E-state index in [0.717, 1.165) is 37.1 Å². The molecule has 0 radical (unpaired) electrons. The number of nitrogens with zero attached hydrogens (tertiary/aromatic N) is 2. The molecule has 28 heavy (non-hydrogen) atoms. The molecule has 0 aliphatic heterocycles. The van der Waals surface area contributed by atoms with Crippen molar-refractivity contribution in [1.82, 2.24) is 15.1 Å². The first kappa shape index (κ1) is 22.2. The molecule has 1 heterocycles. The molecule has 1 atom stereocenters. The van der Waals surface area contributed by atoms with E-state index in [4.69, 9.17) is 4.74 Å². The first-order valence-corrected chi connectivity index (χ1v) is 9.49. The van der Waals surface area contributed by atoms with Crippen molar-refractivity contribution in [2.45, 2.75) is 51.9 Å². The summed E-state index contributed by atoms with van der Waals surface area (Å²) in [5.74, 6) is 0.0746. The van der Waals surface area contributed by atoms with Crippen molar-refractivity contribution in [2.75, 3.05) is 20.2 Å². The lowest BCUT2D eigenvalue weighted by molar-refractivity contribution is -0.137. The molecule has 0 bridgehead atoms. The summed E-state index contributed by atoms with van der Waals surface area (Å²) in [4.78, 5) is 2.11. The third-order valence-electron chi connectivity index (χ3n) is 4.54. The van der Waals surface area contributed by atoms with Gasteiger partial charge in [0.05, 0.1) is 24.1 Å². The fourth-order valence-electron chi connectivity index (χ4n) is 2.90. The normalized spacial score (nSPS) is 13.1. The fraction of sp³-hybridized carbons (Fsp3) is 0.550. The molecule has 0 aliphatic rings. The maximum atomic E-state index is 13.4. The van der Waals surface area contributed by atoms with Crippen LogP contribution < -0.4 is 4.74 Å². The molecule has 2 rings (SSSR count). The predicted octanol–water partition coefficient (Wildman–Crippen LogP) is 4.48. The van der Waals surface area contributed by atoms with Crippen molar-refractivity contribution in [3.63, 3.8) is 0 Å². The quantitative estimate of drug-likeness (QED) is 0.619. The topological polar surface area (TPSA) is 61.4 Å². The molecule has 5 nitrogen and oxygen atoms in total. The summed E-state index contributed by atoms with van der Waals surface area (Å²) in [5.41, 5.74) is 0.913. The zero-order chi connectivity index (χ0) is 20.7. The third-order valence-corrected chi connectivity index (χ3v) is 4.54. The maximum absolute atomic E-state index is 13.4. The second kappa shape index (κ2) is 9.93. The van der Waals surface area contributed by atoms with Crippen LogP contribution in [0.15, 0.2) is 24.4 Å². The van der Waals surface area contributed by atoms with Crippen LogP contribution in [0.1, 0.15) is 44.2 Å². The Balaban J connectivity index is 2.38. The zero-order valence-electron chi connectivity index (χ0n) is 16.5. The van der Waals surface area contributed by atoms with Gasteiger partial charge in [0.2, 0.25) is 0 Å². The van der Waals surface area contributed by atoms with Crippen LogP contribution in [0.4, 0.5) is 13.2 Å². The molecule has 0 saturated heterocycles. The van der Waals surface area contributed by atoms with Gasteiger partial charge in [0.15, 0.2) is 0 Å². The van der Waals surface area contributed by atoms with E-state index in [1.807, 2.05) is 7.05 Å². The van der Waals surface area contributed by atoms with Gasteiger partial charge in [0.25, 0.3) is 0 Å². The number of H-pyrrole nitrogens is 1. The molecule has 1 aromatic carbocycles. The number of unbranched alkanes of at least 4 members (excludes halogenated alkanes) is 1. The number of rotatable bonds is 10. The lowest BCUT2D eigenvalue weighted by atomic mass is 10.0. The highest BCUT2D eigenvalue weighted by molar-refractivity contribution is 5.66.